The molecule has 0 N–H and O–H groups in total. The summed E-state index contributed by atoms with van der Waals surface area (Å²) < 4.78 is 16.6. The van der Waals surface area contributed by atoms with Crippen LogP contribution < -0.4 is 0 Å². The van der Waals surface area contributed by atoms with Crippen molar-refractivity contribution in [3.8, 4) is 0 Å². The molecule has 2 aromatic rings. The summed E-state index contributed by atoms with van der Waals surface area (Å²) >= 11 is 1.08. The highest BCUT2D eigenvalue weighted by atomic mass is 32.1. The van der Waals surface area contributed by atoms with Gasteiger partial charge in [-0.3, -0.25) is 4.79 Å². The van der Waals surface area contributed by atoms with Gasteiger partial charge in [-0.05, 0) is 36.2 Å². The van der Waals surface area contributed by atoms with E-state index in [4.69, 9.17) is 0 Å². The van der Waals surface area contributed by atoms with Gasteiger partial charge in [-0.2, -0.15) is 0 Å². The minimum Gasteiger partial charge on any atom is -0.293 e. The number of carbonyl (C=O) groups is 1. The maximum absolute atomic E-state index is 12.9. The normalized spacial score (nSPS) is 10.4. The molecule has 0 aliphatic rings. The van der Waals surface area contributed by atoms with E-state index >= 15 is 0 Å². The number of Topliss-reactive ketones (excluding diaryl/α,β-unsaturated/α-hetero) is 1. The van der Waals surface area contributed by atoms with Crippen LogP contribution in [0.25, 0.3) is 0 Å². The van der Waals surface area contributed by atoms with Crippen LogP contribution in [-0.4, -0.2) is 15.4 Å². The SMILES string of the molecule is Cc1nnsc1C(=O)Cc1cccc(F)c1. The Morgan fingerprint density at radius 2 is 2.31 bits per heavy atom. The van der Waals surface area contributed by atoms with Gasteiger partial charge in [0.05, 0.1) is 5.69 Å². The number of halogens is 1. The number of nitrogens with zero attached hydrogens (tertiary/aromatic N) is 2. The van der Waals surface area contributed by atoms with Crippen molar-refractivity contribution >= 4 is 17.3 Å². The molecule has 1 aromatic carbocycles. The molecule has 0 bridgehead atoms. The number of hydrogen-bond acceptors (Lipinski definition) is 4. The zero-order chi connectivity index (χ0) is 11.5. The first-order chi connectivity index (χ1) is 7.66. The third kappa shape index (κ3) is 2.30. The highest BCUT2D eigenvalue weighted by molar-refractivity contribution is 7.08. The van der Waals surface area contributed by atoms with Gasteiger partial charge in [0.2, 0.25) is 0 Å². The lowest BCUT2D eigenvalue weighted by Crippen LogP contribution is -2.03. The smallest absolute Gasteiger partial charge is 0.180 e. The number of benzene rings is 1. The summed E-state index contributed by atoms with van der Waals surface area (Å²) in [5, 5.41) is 3.77. The molecule has 2 rings (SSSR count). The summed E-state index contributed by atoms with van der Waals surface area (Å²) in [6, 6.07) is 6.04. The predicted molar refractivity (Wildman–Crippen MR) is 59.1 cm³/mol. The standard InChI is InChI=1S/C11H9FN2OS/c1-7-11(16-14-13-7)10(15)6-8-3-2-4-9(12)5-8/h2-5H,6H2,1H3. The number of aromatic nitrogens is 2. The molecule has 0 fully saturated rings. The van der Waals surface area contributed by atoms with Crippen molar-refractivity contribution in [2.75, 3.05) is 0 Å². The van der Waals surface area contributed by atoms with Crippen LogP contribution in [0.1, 0.15) is 20.9 Å². The summed E-state index contributed by atoms with van der Waals surface area (Å²) in [5.74, 6) is -0.400. The molecule has 5 heteroatoms. The van der Waals surface area contributed by atoms with Crippen LogP contribution >= 0.6 is 11.5 Å². The van der Waals surface area contributed by atoms with E-state index < -0.39 is 0 Å². The fraction of sp³-hybridized carbons (Fsp3) is 0.182. The van der Waals surface area contributed by atoms with Crippen molar-refractivity contribution in [1.82, 2.24) is 9.59 Å². The van der Waals surface area contributed by atoms with Crippen LogP contribution in [0.3, 0.4) is 0 Å². The zero-order valence-electron chi connectivity index (χ0n) is 8.61. The highest BCUT2D eigenvalue weighted by Crippen LogP contribution is 2.14. The minimum absolute atomic E-state index is 0.0712. The molecule has 0 radical (unpaired) electrons. The predicted octanol–water partition coefficient (Wildman–Crippen LogP) is 2.41. The molecular formula is C11H9FN2OS. The Morgan fingerprint density at radius 1 is 1.50 bits per heavy atom. The molecule has 0 unspecified atom stereocenters. The fourth-order valence-electron chi connectivity index (χ4n) is 1.40. The van der Waals surface area contributed by atoms with Crippen molar-refractivity contribution in [3.05, 3.63) is 46.2 Å². The number of carbonyl (C=O) groups excluding carboxylic acids is 1. The highest BCUT2D eigenvalue weighted by Gasteiger charge is 2.13. The second-order valence-corrected chi connectivity index (χ2v) is 4.17. The van der Waals surface area contributed by atoms with Crippen molar-refractivity contribution in [2.24, 2.45) is 0 Å². The van der Waals surface area contributed by atoms with Gasteiger partial charge in [-0.1, -0.05) is 16.6 Å². The first-order valence-electron chi connectivity index (χ1n) is 4.73. The van der Waals surface area contributed by atoms with Gasteiger partial charge >= 0.3 is 0 Å². The Kier molecular flexibility index (Phi) is 3.05. The first kappa shape index (κ1) is 10.9. The van der Waals surface area contributed by atoms with Gasteiger partial charge in [-0.15, -0.1) is 5.10 Å². The van der Waals surface area contributed by atoms with Crippen LogP contribution in [0, 0.1) is 12.7 Å². The van der Waals surface area contributed by atoms with Gasteiger partial charge in [-0.25, -0.2) is 4.39 Å². The molecule has 82 valence electrons. The quantitative estimate of drug-likeness (QED) is 0.768. The van der Waals surface area contributed by atoms with Crippen molar-refractivity contribution in [2.45, 2.75) is 13.3 Å². The largest absolute Gasteiger partial charge is 0.293 e. The Morgan fingerprint density at radius 3 is 2.94 bits per heavy atom. The van der Waals surface area contributed by atoms with Crippen molar-refractivity contribution in [3.63, 3.8) is 0 Å². The maximum atomic E-state index is 12.9. The Bertz CT molecular complexity index is 524. The molecule has 0 aliphatic heterocycles. The third-order valence-corrected chi connectivity index (χ3v) is 3.03. The molecule has 0 atom stereocenters. The summed E-state index contributed by atoms with van der Waals surface area (Å²) in [6.45, 7) is 1.74. The van der Waals surface area contributed by atoms with E-state index in [9.17, 15) is 9.18 Å². The average Bonchev–Trinajstić information content (AvgIpc) is 2.64. The van der Waals surface area contributed by atoms with E-state index in [-0.39, 0.29) is 18.0 Å². The molecule has 0 amide bonds. The molecule has 0 saturated carbocycles. The van der Waals surface area contributed by atoms with Gasteiger partial charge < -0.3 is 0 Å². The lowest BCUT2D eigenvalue weighted by atomic mass is 10.1. The van der Waals surface area contributed by atoms with Crippen LogP contribution in [0.15, 0.2) is 24.3 Å². The van der Waals surface area contributed by atoms with Gasteiger partial charge in [0.15, 0.2) is 5.78 Å². The van der Waals surface area contributed by atoms with E-state index in [0.29, 0.717) is 16.1 Å². The molecule has 16 heavy (non-hydrogen) atoms. The van der Waals surface area contributed by atoms with E-state index in [1.807, 2.05) is 0 Å². The van der Waals surface area contributed by atoms with E-state index in [1.54, 1.807) is 19.1 Å². The van der Waals surface area contributed by atoms with Crippen LogP contribution in [0.5, 0.6) is 0 Å². The first-order valence-corrected chi connectivity index (χ1v) is 5.51. The number of hydrogen-bond donors (Lipinski definition) is 0. The topological polar surface area (TPSA) is 42.9 Å². The maximum Gasteiger partial charge on any atom is 0.180 e. The summed E-state index contributed by atoms with van der Waals surface area (Å²) in [7, 11) is 0. The monoisotopic (exact) mass is 236 g/mol. The lowest BCUT2D eigenvalue weighted by molar-refractivity contribution is 0.0996. The second-order valence-electron chi connectivity index (χ2n) is 3.42. The number of ketones is 1. The summed E-state index contributed by atoms with van der Waals surface area (Å²) in [5.41, 5.74) is 1.30. The summed E-state index contributed by atoms with van der Waals surface area (Å²) in [4.78, 5) is 12.4. The van der Waals surface area contributed by atoms with Crippen LogP contribution in [0.2, 0.25) is 0 Å². The molecule has 0 saturated heterocycles. The van der Waals surface area contributed by atoms with Gasteiger partial charge in [0, 0.05) is 6.42 Å². The average molecular weight is 236 g/mol. The zero-order valence-corrected chi connectivity index (χ0v) is 9.42. The minimum atomic E-state index is -0.329. The van der Waals surface area contributed by atoms with Crippen LogP contribution in [0.4, 0.5) is 4.39 Å². The molecule has 1 heterocycles. The Balaban J connectivity index is 2.17. The summed E-state index contributed by atoms with van der Waals surface area (Å²) in [6.07, 6.45) is 0.183. The Hall–Kier alpha value is -1.62. The number of aryl methyl sites for hydroxylation is 1. The van der Waals surface area contributed by atoms with Gasteiger partial charge in [0.25, 0.3) is 0 Å². The Labute approximate surface area is 96.1 Å². The molecule has 1 aromatic heterocycles. The lowest BCUT2D eigenvalue weighted by Gasteiger charge is -1.99. The van der Waals surface area contributed by atoms with Crippen molar-refractivity contribution < 1.29 is 9.18 Å². The van der Waals surface area contributed by atoms with Gasteiger partial charge in [0.1, 0.15) is 10.7 Å². The van der Waals surface area contributed by atoms with E-state index in [1.165, 1.54) is 12.1 Å². The van der Waals surface area contributed by atoms with Crippen molar-refractivity contribution in [1.29, 1.82) is 0 Å². The molecular weight excluding hydrogens is 227 g/mol. The third-order valence-electron chi connectivity index (χ3n) is 2.16. The van der Waals surface area contributed by atoms with E-state index in [2.05, 4.69) is 9.59 Å². The molecule has 3 nitrogen and oxygen atoms in total. The molecule has 0 spiro atoms. The second kappa shape index (κ2) is 4.49. The molecule has 0 aliphatic carbocycles. The fourth-order valence-corrected chi connectivity index (χ4v) is 1.99. The van der Waals surface area contributed by atoms with Crippen LogP contribution in [-0.2, 0) is 6.42 Å². The number of rotatable bonds is 3. The van der Waals surface area contributed by atoms with E-state index in [0.717, 1.165) is 11.5 Å².